The zero-order chi connectivity index (χ0) is 13.6. The summed E-state index contributed by atoms with van der Waals surface area (Å²) >= 11 is 0. The largest absolute Gasteiger partial charge is 0.377 e. The van der Waals surface area contributed by atoms with Crippen LogP contribution in [0.15, 0.2) is 12.7 Å². The fraction of sp³-hybridized carbons (Fsp3) is 0.786. The number of carbonyl (C=O) groups is 1. The Labute approximate surface area is 110 Å². The van der Waals surface area contributed by atoms with Crippen LogP contribution in [0.25, 0.3) is 0 Å². The van der Waals surface area contributed by atoms with Crippen molar-refractivity contribution in [3.05, 3.63) is 12.7 Å². The summed E-state index contributed by atoms with van der Waals surface area (Å²) in [6.07, 6.45) is 3.13. The maximum Gasteiger partial charge on any atom is 0.223 e. The molecule has 4 heteroatoms. The summed E-state index contributed by atoms with van der Waals surface area (Å²) in [6.45, 7) is 12.1. The van der Waals surface area contributed by atoms with Crippen LogP contribution in [0.1, 0.15) is 33.6 Å². The molecule has 1 aliphatic heterocycles. The van der Waals surface area contributed by atoms with Gasteiger partial charge in [-0.25, -0.2) is 0 Å². The van der Waals surface area contributed by atoms with Gasteiger partial charge in [0.1, 0.15) is 0 Å². The second-order valence-corrected chi connectivity index (χ2v) is 5.41. The van der Waals surface area contributed by atoms with Gasteiger partial charge < -0.3 is 14.4 Å². The van der Waals surface area contributed by atoms with E-state index in [0.29, 0.717) is 32.8 Å². The second kappa shape index (κ2) is 6.90. The smallest absolute Gasteiger partial charge is 0.223 e. The fourth-order valence-corrected chi connectivity index (χ4v) is 2.05. The van der Waals surface area contributed by atoms with Gasteiger partial charge in [-0.1, -0.05) is 6.08 Å². The quantitative estimate of drug-likeness (QED) is 0.538. The Morgan fingerprint density at radius 2 is 2.33 bits per heavy atom. The molecule has 1 atom stereocenters. The summed E-state index contributed by atoms with van der Waals surface area (Å²) in [5, 5.41) is 0. The van der Waals surface area contributed by atoms with E-state index in [1.807, 2.05) is 25.7 Å². The molecule has 0 spiro atoms. The molecule has 0 aromatic rings. The maximum atomic E-state index is 12.2. The van der Waals surface area contributed by atoms with Crippen LogP contribution in [0, 0.1) is 0 Å². The number of ether oxygens (including phenoxy) is 2. The van der Waals surface area contributed by atoms with Crippen LogP contribution in [0.3, 0.4) is 0 Å². The molecule has 4 nitrogen and oxygen atoms in total. The molecule has 1 heterocycles. The van der Waals surface area contributed by atoms with Crippen LogP contribution in [-0.2, 0) is 14.3 Å². The van der Waals surface area contributed by atoms with Gasteiger partial charge in [-0.2, -0.15) is 0 Å². The molecule has 1 unspecified atom stereocenters. The number of morpholine rings is 1. The van der Waals surface area contributed by atoms with Gasteiger partial charge in [-0.05, 0) is 27.2 Å². The Morgan fingerprint density at radius 1 is 1.61 bits per heavy atom. The summed E-state index contributed by atoms with van der Waals surface area (Å²) in [4.78, 5) is 14.1. The normalized spacial score (nSPS) is 22.8. The van der Waals surface area contributed by atoms with E-state index >= 15 is 0 Å². The number of hydrogen-bond donors (Lipinski definition) is 0. The monoisotopic (exact) mass is 255 g/mol. The molecule has 0 bridgehead atoms. The highest BCUT2D eigenvalue weighted by atomic mass is 16.5. The van der Waals surface area contributed by atoms with Crippen LogP contribution in [0.4, 0.5) is 0 Å². The Kier molecular flexibility index (Phi) is 5.82. The van der Waals surface area contributed by atoms with Crippen LogP contribution in [-0.4, -0.2) is 48.8 Å². The van der Waals surface area contributed by atoms with Gasteiger partial charge >= 0.3 is 0 Å². The molecule has 1 rings (SSSR count). The Bertz CT molecular complexity index is 289. The first-order chi connectivity index (χ1) is 8.47. The summed E-state index contributed by atoms with van der Waals surface area (Å²) in [5.41, 5.74) is -0.203. The van der Waals surface area contributed by atoms with Gasteiger partial charge in [-0.3, -0.25) is 4.79 Å². The van der Waals surface area contributed by atoms with Gasteiger partial charge in [0.15, 0.2) is 0 Å². The highest BCUT2D eigenvalue weighted by molar-refractivity contribution is 5.77. The van der Waals surface area contributed by atoms with Gasteiger partial charge in [0, 0.05) is 19.6 Å². The minimum Gasteiger partial charge on any atom is -0.377 e. The van der Waals surface area contributed by atoms with Crippen molar-refractivity contribution in [1.82, 2.24) is 4.90 Å². The van der Waals surface area contributed by atoms with Gasteiger partial charge in [0.05, 0.1) is 24.9 Å². The SMILES string of the molecule is C=CCOCCCC(=O)N1CC(C)OCC1(C)C. The number of rotatable bonds is 6. The molecular weight excluding hydrogens is 230 g/mol. The van der Waals surface area contributed by atoms with Crippen LogP contribution in [0.2, 0.25) is 0 Å². The van der Waals surface area contributed by atoms with E-state index in [1.165, 1.54) is 0 Å². The third-order valence-corrected chi connectivity index (χ3v) is 3.11. The molecule has 1 aliphatic rings. The van der Waals surface area contributed by atoms with E-state index in [1.54, 1.807) is 6.08 Å². The van der Waals surface area contributed by atoms with E-state index < -0.39 is 0 Å². The minimum absolute atomic E-state index is 0.124. The van der Waals surface area contributed by atoms with E-state index in [4.69, 9.17) is 9.47 Å². The highest BCUT2D eigenvalue weighted by Crippen LogP contribution is 2.23. The lowest BCUT2D eigenvalue weighted by Crippen LogP contribution is -2.57. The molecule has 0 aromatic heterocycles. The predicted molar refractivity (Wildman–Crippen MR) is 71.5 cm³/mol. The van der Waals surface area contributed by atoms with E-state index in [9.17, 15) is 4.79 Å². The van der Waals surface area contributed by atoms with Crippen molar-refractivity contribution in [2.24, 2.45) is 0 Å². The first-order valence-electron chi connectivity index (χ1n) is 6.58. The lowest BCUT2D eigenvalue weighted by Gasteiger charge is -2.44. The van der Waals surface area contributed by atoms with E-state index in [2.05, 4.69) is 6.58 Å². The second-order valence-electron chi connectivity index (χ2n) is 5.41. The molecule has 1 fully saturated rings. The molecule has 1 saturated heterocycles. The Morgan fingerprint density at radius 3 is 3.00 bits per heavy atom. The molecule has 0 aromatic carbocycles. The van der Waals surface area contributed by atoms with Gasteiger partial charge in [-0.15, -0.1) is 6.58 Å². The van der Waals surface area contributed by atoms with Crippen molar-refractivity contribution >= 4 is 5.91 Å². The van der Waals surface area contributed by atoms with Crippen molar-refractivity contribution in [2.75, 3.05) is 26.4 Å². The fourth-order valence-electron chi connectivity index (χ4n) is 2.05. The van der Waals surface area contributed by atoms with Gasteiger partial charge in [0.25, 0.3) is 0 Å². The molecule has 0 radical (unpaired) electrons. The molecule has 1 amide bonds. The van der Waals surface area contributed by atoms with Crippen molar-refractivity contribution in [1.29, 1.82) is 0 Å². The zero-order valence-electron chi connectivity index (χ0n) is 11.8. The maximum absolute atomic E-state index is 12.2. The Balaban J connectivity index is 2.36. The molecule has 0 aliphatic carbocycles. The summed E-state index contributed by atoms with van der Waals surface area (Å²) in [6, 6.07) is 0. The zero-order valence-corrected chi connectivity index (χ0v) is 11.8. The number of nitrogens with zero attached hydrogens (tertiary/aromatic N) is 1. The van der Waals surface area contributed by atoms with Crippen LogP contribution < -0.4 is 0 Å². The highest BCUT2D eigenvalue weighted by Gasteiger charge is 2.36. The molecule has 104 valence electrons. The average molecular weight is 255 g/mol. The standard InChI is InChI=1S/C14H25NO3/c1-5-8-17-9-6-7-13(16)15-10-12(2)18-11-14(15,3)4/h5,12H,1,6-11H2,2-4H3. The molecular formula is C14H25NO3. The summed E-state index contributed by atoms with van der Waals surface area (Å²) < 4.78 is 10.9. The number of carbonyl (C=O) groups excluding carboxylic acids is 1. The van der Waals surface area contributed by atoms with Crippen molar-refractivity contribution in [3.63, 3.8) is 0 Å². The lowest BCUT2D eigenvalue weighted by molar-refractivity contribution is -0.153. The number of hydrogen-bond acceptors (Lipinski definition) is 3. The van der Waals surface area contributed by atoms with Crippen molar-refractivity contribution < 1.29 is 14.3 Å². The summed E-state index contributed by atoms with van der Waals surface area (Å²) in [5.74, 6) is 0.192. The Hall–Kier alpha value is -0.870. The van der Waals surface area contributed by atoms with Crippen molar-refractivity contribution in [3.8, 4) is 0 Å². The lowest BCUT2D eigenvalue weighted by atomic mass is 10.00. The first kappa shape index (κ1) is 15.2. The van der Waals surface area contributed by atoms with Crippen LogP contribution in [0.5, 0.6) is 0 Å². The number of amides is 1. The molecule has 18 heavy (non-hydrogen) atoms. The topological polar surface area (TPSA) is 38.8 Å². The molecule has 0 N–H and O–H groups in total. The third kappa shape index (κ3) is 4.42. The van der Waals surface area contributed by atoms with Crippen LogP contribution >= 0.6 is 0 Å². The first-order valence-corrected chi connectivity index (χ1v) is 6.58. The van der Waals surface area contributed by atoms with Crippen molar-refractivity contribution in [2.45, 2.75) is 45.3 Å². The van der Waals surface area contributed by atoms with E-state index in [0.717, 1.165) is 6.42 Å². The minimum atomic E-state index is -0.203. The predicted octanol–water partition coefficient (Wildman–Crippen LogP) is 2.00. The molecule has 0 saturated carbocycles. The third-order valence-electron chi connectivity index (χ3n) is 3.11. The van der Waals surface area contributed by atoms with E-state index in [-0.39, 0.29) is 17.6 Å². The summed E-state index contributed by atoms with van der Waals surface area (Å²) in [7, 11) is 0. The average Bonchev–Trinajstić information content (AvgIpc) is 2.32. The van der Waals surface area contributed by atoms with Gasteiger partial charge in [0.2, 0.25) is 5.91 Å².